The van der Waals surface area contributed by atoms with Crippen molar-refractivity contribution >= 4 is 40.6 Å². The predicted molar refractivity (Wildman–Crippen MR) is 118 cm³/mol. The van der Waals surface area contributed by atoms with E-state index in [1.54, 1.807) is 0 Å². The second-order valence-corrected chi connectivity index (χ2v) is 7.12. The van der Waals surface area contributed by atoms with Crippen molar-refractivity contribution in [2.45, 2.75) is 25.4 Å². The molecule has 16 heteroatoms. The number of nitrogens with two attached hydrogens (primary N) is 1. The minimum absolute atomic E-state index is 0.000633. The number of carboxylic acids is 2. The number of nitrogens with zero attached hydrogens (tertiary/aromatic N) is 5. The van der Waals surface area contributed by atoms with Crippen molar-refractivity contribution in [3.05, 3.63) is 62.2 Å². The fourth-order valence-electron chi connectivity index (χ4n) is 3.00. The van der Waals surface area contributed by atoms with Gasteiger partial charge in [0.15, 0.2) is 16.2 Å². The van der Waals surface area contributed by atoms with Gasteiger partial charge in [0.25, 0.3) is 5.91 Å². The highest BCUT2D eigenvalue weighted by atomic mass is 16.7. The van der Waals surface area contributed by atoms with E-state index in [4.69, 9.17) is 15.9 Å². The first kappa shape index (κ1) is 24.5. The van der Waals surface area contributed by atoms with Crippen LogP contribution in [-0.4, -0.2) is 59.1 Å². The highest BCUT2D eigenvalue weighted by Gasteiger charge is 2.23. The molecule has 1 amide bonds. The van der Waals surface area contributed by atoms with E-state index in [1.165, 1.54) is 30.5 Å². The van der Waals surface area contributed by atoms with Gasteiger partial charge in [-0.25, -0.2) is 24.9 Å². The van der Waals surface area contributed by atoms with Crippen molar-refractivity contribution < 1.29 is 29.6 Å². The molecule has 0 radical (unpaired) electrons. The number of aromatic nitrogens is 4. The summed E-state index contributed by atoms with van der Waals surface area (Å²) in [4.78, 5) is 72.0. The number of amides is 1. The normalized spacial score (nSPS) is 11.5. The van der Waals surface area contributed by atoms with Crippen molar-refractivity contribution in [2.75, 3.05) is 10.7 Å². The van der Waals surface area contributed by atoms with Crippen molar-refractivity contribution in [1.82, 2.24) is 25.3 Å². The molecule has 0 saturated carbocycles. The number of aromatic amines is 1. The third-order valence-corrected chi connectivity index (χ3v) is 4.68. The number of hydrazine groups is 1. The second-order valence-electron chi connectivity index (χ2n) is 7.12. The molecule has 2 aromatic heterocycles. The van der Waals surface area contributed by atoms with E-state index in [0.29, 0.717) is 5.01 Å². The number of benzene rings is 1. The van der Waals surface area contributed by atoms with Crippen LogP contribution in [0.5, 0.6) is 0 Å². The summed E-state index contributed by atoms with van der Waals surface area (Å²) in [6, 6.07) is 3.57. The van der Waals surface area contributed by atoms with Gasteiger partial charge >= 0.3 is 17.5 Å². The van der Waals surface area contributed by atoms with Crippen molar-refractivity contribution in [3.8, 4) is 0 Å². The van der Waals surface area contributed by atoms with E-state index in [-0.39, 0.29) is 47.0 Å². The molecule has 0 fully saturated rings. The Labute approximate surface area is 194 Å². The van der Waals surface area contributed by atoms with Crippen molar-refractivity contribution in [3.63, 3.8) is 0 Å². The minimum Gasteiger partial charge on any atom is -0.481 e. The van der Waals surface area contributed by atoms with Gasteiger partial charge in [0.05, 0.1) is 11.9 Å². The molecule has 0 saturated heterocycles. The number of carboxylic acid groups (broad SMARTS) is 2. The fourth-order valence-corrected chi connectivity index (χ4v) is 3.00. The molecule has 6 N–H and O–H groups in total. The van der Waals surface area contributed by atoms with E-state index < -0.39 is 40.9 Å². The van der Waals surface area contributed by atoms with Crippen LogP contribution < -0.4 is 21.6 Å². The largest absolute Gasteiger partial charge is 0.481 e. The number of carbonyl (C=O) groups is 3. The Balaban J connectivity index is 1.78. The zero-order chi connectivity index (χ0) is 25.7. The van der Waals surface area contributed by atoms with Crippen LogP contribution >= 0.6 is 0 Å². The van der Waals surface area contributed by atoms with Gasteiger partial charge < -0.3 is 26.2 Å². The smallest absolute Gasteiger partial charge is 0.326 e. The first-order chi connectivity index (χ1) is 16.5. The van der Waals surface area contributed by atoms with E-state index in [9.17, 15) is 29.3 Å². The SMILES string of the molecule is Nc1nc(=O)c2nc(CN(c3ccc(C(=O)N[C@@H](CCC(=O)O)C(=O)O)cc3)[N+](=O)[O-])cnc2[nH]1. The quantitative estimate of drug-likeness (QED) is 0.180. The lowest BCUT2D eigenvalue weighted by atomic mass is 10.1. The highest BCUT2D eigenvalue weighted by molar-refractivity contribution is 5.96. The van der Waals surface area contributed by atoms with E-state index in [0.717, 1.165) is 0 Å². The van der Waals surface area contributed by atoms with Crippen LogP contribution in [0.1, 0.15) is 28.9 Å². The first-order valence-corrected chi connectivity index (χ1v) is 9.84. The Morgan fingerprint density at radius 1 is 1.20 bits per heavy atom. The van der Waals surface area contributed by atoms with Gasteiger partial charge in [0.1, 0.15) is 18.3 Å². The number of nitrogen functional groups attached to an aromatic ring is 1. The summed E-state index contributed by atoms with van der Waals surface area (Å²) in [7, 11) is 0. The number of hydrogen-bond donors (Lipinski definition) is 5. The maximum Gasteiger partial charge on any atom is 0.326 e. The Morgan fingerprint density at radius 2 is 1.89 bits per heavy atom. The van der Waals surface area contributed by atoms with Gasteiger partial charge in [-0.2, -0.15) is 4.98 Å². The van der Waals surface area contributed by atoms with Crippen LogP contribution in [0.4, 0.5) is 11.6 Å². The van der Waals surface area contributed by atoms with Crippen molar-refractivity contribution in [2.24, 2.45) is 0 Å². The Morgan fingerprint density at radius 3 is 2.49 bits per heavy atom. The number of anilines is 2. The van der Waals surface area contributed by atoms with Gasteiger partial charge in [-0.05, 0) is 30.7 Å². The highest BCUT2D eigenvalue weighted by Crippen LogP contribution is 2.18. The van der Waals surface area contributed by atoms with Gasteiger partial charge in [-0.3, -0.25) is 14.4 Å². The Kier molecular flexibility index (Phi) is 7.13. The molecule has 1 aromatic carbocycles. The standard InChI is InChI=1S/C19H18N8O8/c20-19-24-15-14(17(31)25-19)22-10(7-21-15)8-26(27(34)35)11-3-1-9(2-4-11)16(30)23-12(18(32)33)5-6-13(28)29/h1-4,7,12H,5-6,8H2,(H,23,30)(H,28,29)(H,32,33)(H3,20,21,24,25,31)/t12-/m0/s1. The molecule has 2 heterocycles. The summed E-state index contributed by atoms with van der Waals surface area (Å²) in [5.41, 5.74) is 4.74. The summed E-state index contributed by atoms with van der Waals surface area (Å²) in [5, 5.41) is 31.7. The molecule has 0 bridgehead atoms. The van der Waals surface area contributed by atoms with Crippen LogP contribution in [0.2, 0.25) is 0 Å². The molecule has 1 atom stereocenters. The third kappa shape index (κ3) is 6.01. The second kappa shape index (κ2) is 10.2. The lowest BCUT2D eigenvalue weighted by Crippen LogP contribution is -2.41. The van der Waals surface area contributed by atoms with Crippen LogP contribution in [0.25, 0.3) is 11.2 Å². The van der Waals surface area contributed by atoms with Crippen LogP contribution in [-0.2, 0) is 16.1 Å². The molecule has 0 aliphatic heterocycles. The van der Waals surface area contributed by atoms with Crippen molar-refractivity contribution in [1.29, 1.82) is 0 Å². The molecule has 0 aliphatic rings. The maximum atomic E-state index is 12.4. The van der Waals surface area contributed by atoms with E-state index >= 15 is 0 Å². The number of H-pyrrole nitrogens is 1. The zero-order valence-corrected chi connectivity index (χ0v) is 17.7. The zero-order valence-electron chi connectivity index (χ0n) is 17.7. The van der Waals surface area contributed by atoms with Crippen LogP contribution in [0.15, 0.2) is 35.3 Å². The van der Waals surface area contributed by atoms with Crippen LogP contribution in [0.3, 0.4) is 0 Å². The average molecular weight is 486 g/mol. The monoisotopic (exact) mass is 486 g/mol. The molecule has 16 nitrogen and oxygen atoms in total. The molecule has 3 aromatic rings. The molecule has 182 valence electrons. The van der Waals surface area contributed by atoms with E-state index in [2.05, 4.69) is 25.3 Å². The van der Waals surface area contributed by atoms with E-state index in [1.807, 2.05) is 0 Å². The fraction of sp³-hybridized carbons (Fsp3) is 0.211. The number of fused-ring (bicyclic) bond motifs is 1. The molecule has 0 aliphatic carbocycles. The lowest BCUT2D eigenvalue weighted by Gasteiger charge is -2.15. The number of nitrogens with one attached hydrogen (secondary N) is 2. The van der Waals surface area contributed by atoms with Gasteiger partial charge in [-0.1, -0.05) is 5.01 Å². The first-order valence-electron chi connectivity index (χ1n) is 9.84. The summed E-state index contributed by atoms with van der Waals surface area (Å²) < 4.78 is 0. The molecule has 3 rings (SSSR count). The summed E-state index contributed by atoms with van der Waals surface area (Å²) >= 11 is 0. The average Bonchev–Trinajstić information content (AvgIpc) is 2.79. The Bertz CT molecular complexity index is 1360. The summed E-state index contributed by atoms with van der Waals surface area (Å²) in [6.07, 6.45) is 0.446. The predicted octanol–water partition coefficient (Wildman–Crippen LogP) is -0.459. The van der Waals surface area contributed by atoms with Crippen LogP contribution in [0, 0.1) is 10.1 Å². The number of carbonyl (C=O) groups excluding carboxylic acids is 1. The molecular formula is C19H18N8O8. The summed E-state index contributed by atoms with van der Waals surface area (Å²) in [6.45, 7) is -0.387. The van der Waals surface area contributed by atoms with Gasteiger partial charge in [0.2, 0.25) is 5.95 Å². The lowest BCUT2D eigenvalue weighted by molar-refractivity contribution is -0.497. The number of aliphatic carboxylic acids is 2. The number of hydrogen-bond acceptors (Lipinski definition) is 10. The minimum atomic E-state index is -1.42. The maximum absolute atomic E-state index is 12.4. The topological polar surface area (TPSA) is 248 Å². The van der Waals surface area contributed by atoms with Gasteiger partial charge in [-0.15, -0.1) is 0 Å². The molecule has 0 unspecified atom stereocenters. The number of rotatable bonds is 10. The summed E-state index contributed by atoms with van der Waals surface area (Å²) in [5.74, 6) is -3.56. The molecular weight excluding hydrogens is 468 g/mol. The third-order valence-electron chi connectivity index (χ3n) is 4.68. The molecule has 0 spiro atoms. The van der Waals surface area contributed by atoms with Gasteiger partial charge in [0, 0.05) is 12.0 Å². The molecule has 35 heavy (non-hydrogen) atoms. The Hall–Kier alpha value is -5.15. The number of nitro groups is 1.